The Labute approximate surface area is 89.1 Å². The highest BCUT2D eigenvalue weighted by molar-refractivity contribution is 7.15. The molecule has 0 saturated carbocycles. The van der Waals surface area contributed by atoms with Gasteiger partial charge in [0.2, 0.25) is 0 Å². The van der Waals surface area contributed by atoms with E-state index in [1.54, 1.807) is 11.3 Å². The second-order valence-corrected chi connectivity index (χ2v) is 4.99. The Kier molecular flexibility index (Phi) is 2.87. The molecule has 3 heteroatoms. The van der Waals surface area contributed by atoms with Gasteiger partial charge >= 0.3 is 0 Å². The van der Waals surface area contributed by atoms with Crippen molar-refractivity contribution in [1.82, 2.24) is 4.98 Å². The van der Waals surface area contributed by atoms with Gasteiger partial charge < -0.3 is 5.32 Å². The number of allylic oxidation sites excluding steroid dienone is 1. The molecule has 0 fully saturated rings. The van der Waals surface area contributed by atoms with Crippen molar-refractivity contribution >= 4 is 16.5 Å². The summed E-state index contributed by atoms with van der Waals surface area (Å²) < 4.78 is 0. The van der Waals surface area contributed by atoms with Gasteiger partial charge in [-0.15, -0.1) is 11.3 Å². The van der Waals surface area contributed by atoms with E-state index < -0.39 is 0 Å². The Morgan fingerprint density at radius 3 is 2.86 bits per heavy atom. The molecule has 1 N–H and O–H groups in total. The van der Waals surface area contributed by atoms with Crippen LogP contribution in [0.2, 0.25) is 0 Å². The predicted molar refractivity (Wildman–Crippen MR) is 62.0 cm³/mol. The van der Waals surface area contributed by atoms with E-state index in [1.807, 2.05) is 0 Å². The maximum absolute atomic E-state index is 4.49. The van der Waals surface area contributed by atoms with Crippen LogP contribution in [-0.4, -0.2) is 11.0 Å². The summed E-state index contributed by atoms with van der Waals surface area (Å²) in [5, 5.41) is 4.58. The van der Waals surface area contributed by atoms with E-state index in [0.29, 0.717) is 6.04 Å². The fourth-order valence-corrected chi connectivity index (χ4v) is 2.53. The smallest absolute Gasteiger partial charge is 0.183 e. The van der Waals surface area contributed by atoms with Crippen molar-refractivity contribution in [3.8, 4) is 0 Å². The van der Waals surface area contributed by atoms with Crippen molar-refractivity contribution in [2.75, 3.05) is 5.32 Å². The highest BCUT2D eigenvalue weighted by Crippen LogP contribution is 2.24. The number of thiazole rings is 1. The molecule has 1 atom stereocenters. The van der Waals surface area contributed by atoms with Crippen LogP contribution in [0.4, 0.5) is 5.13 Å². The molecule has 1 aliphatic rings. The Morgan fingerprint density at radius 2 is 2.29 bits per heavy atom. The fourth-order valence-electron chi connectivity index (χ4n) is 1.63. The standard InChI is InChI=1S/C11H16N2S/c1-8-9(2)14-11(12-8)13-10-6-4-3-5-7-10/h3-4,10H,5-7H2,1-2H3,(H,12,13). The summed E-state index contributed by atoms with van der Waals surface area (Å²) in [7, 11) is 0. The molecule has 0 saturated heterocycles. The summed E-state index contributed by atoms with van der Waals surface area (Å²) in [6.07, 6.45) is 8.08. The van der Waals surface area contributed by atoms with Gasteiger partial charge in [0.1, 0.15) is 0 Å². The van der Waals surface area contributed by atoms with Gasteiger partial charge in [0, 0.05) is 10.9 Å². The van der Waals surface area contributed by atoms with Crippen molar-refractivity contribution in [3.63, 3.8) is 0 Å². The first-order valence-corrected chi connectivity index (χ1v) is 5.93. The molecule has 1 heterocycles. The van der Waals surface area contributed by atoms with Crippen LogP contribution in [0.25, 0.3) is 0 Å². The van der Waals surface area contributed by atoms with Gasteiger partial charge in [-0.1, -0.05) is 12.2 Å². The number of aryl methyl sites for hydroxylation is 2. The number of hydrogen-bond donors (Lipinski definition) is 1. The molecule has 0 aromatic carbocycles. The van der Waals surface area contributed by atoms with Crippen molar-refractivity contribution in [2.45, 2.75) is 39.2 Å². The average Bonchev–Trinajstić information content (AvgIpc) is 2.47. The first-order valence-electron chi connectivity index (χ1n) is 5.11. The van der Waals surface area contributed by atoms with E-state index in [-0.39, 0.29) is 0 Å². The monoisotopic (exact) mass is 208 g/mol. The zero-order valence-electron chi connectivity index (χ0n) is 8.71. The number of rotatable bonds is 2. The number of nitrogens with zero attached hydrogens (tertiary/aromatic N) is 1. The molecule has 76 valence electrons. The lowest BCUT2D eigenvalue weighted by molar-refractivity contribution is 0.644. The van der Waals surface area contributed by atoms with Crippen LogP contribution < -0.4 is 5.32 Å². The normalized spacial score (nSPS) is 21.1. The molecule has 2 rings (SSSR count). The van der Waals surface area contributed by atoms with Crippen LogP contribution in [-0.2, 0) is 0 Å². The number of nitrogens with one attached hydrogen (secondary N) is 1. The summed E-state index contributed by atoms with van der Waals surface area (Å²) in [5.41, 5.74) is 1.16. The van der Waals surface area contributed by atoms with E-state index in [0.717, 1.165) is 17.2 Å². The highest BCUT2D eigenvalue weighted by atomic mass is 32.1. The van der Waals surface area contributed by atoms with Crippen LogP contribution in [0, 0.1) is 13.8 Å². The number of hydrogen-bond acceptors (Lipinski definition) is 3. The topological polar surface area (TPSA) is 24.9 Å². The second-order valence-electron chi connectivity index (χ2n) is 3.79. The Balaban J connectivity index is 1.99. The number of anilines is 1. The molecule has 0 aliphatic heterocycles. The molecular weight excluding hydrogens is 192 g/mol. The van der Waals surface area contributed by atoms with Crippen molar-refractivity contribution in [1.29, 1.82) is 0 Å². The van der Waals surface area contributed by atoms with Gasteiger partial charge in [0.15, 0.2) is 5.13 Å². The van der Waals surface area contributed by atoms with Crippen molar-refractivity contribution in [2.24, 2.45) is 0 Å². The summed E-state index contributed by atoms with van der Waals surface area (Å²) in [6, 6.07) is 0.588. The average molecular weight is 208 g/mol. The molecule has 0 bridgehead atoms. The Hall–Kier alpha value is -0.830. The molecule has 1 aromatic heterocycles. The molecule has 0 radical (unpaired) electrons. The minimum absolute atomic E-state index is 0.588. The minimum Gasteiger partial charge on any atom is -0.358 e. The van der Waals surface area contributed by atoms with Crippen LogP contribution in [0.5, 0.6) is 0 Å². The molecule has 2 nitrogen and oxygen atoms in total. The zero-order chi connectivity index (χ0) is 9.97. The molecular formula is C11H16N2S. The quantitative estimate of drug-likeness (QED) is 0.754. The second kappa shape index (κ2) is 4.13. The lowest BCUT2D eigenvalue weighted by Gasteiger charge is -2.18. The third-order valence-electron chi connectivity index (χ3n) is 2.63. The van der Waals surface area contributed by atoms with Gasteiger partial charge in [-0.25, -0.2) is 4.98 Å². The van der Waals surface area contributed by atoms with E-state index in [2.05, 4.69) is 36.3 Å². The third-order valence-corrected chi connectivity index (χ3v) is 3.63. The molecule has 14 heavy (non-hydrogen) atoms. The summed E-state index contributed by atoms with van der Waals surface area (Å²) in [6.45, 7) is 4.19. The summed E-state index contributed by atoms with van der Waals surface area (Å²) >= 11 is 1.76. The first kappa shape index (κ1) is 9.71. The first-order chi connectivity index (χ1) is 6.75. The zero-order valence-corrected chi connectivity index (χ0v) is 9.53. The maximum atomic E-state index is 4.49. The highest BCUT2D eigenvalue weighted by Gasteiger charge is 2.11. The van der Waals surface area contributed by atoms with Crippen LogP contribution in [0.15, 0.2) is 12.2 Å². The fraction of sp³-hybridized carbons (Fsp3) is 0.545. The largest absolute Gasteiger partial charge is 0.358 e. The molecule has 1 aliphatic carbocycles. The molecule has 0 amide bonds. The Morgan fingerprint density at radius 1 is 1.43 bits per heavy atom. The minimum atomic E-state index is 0.588. The van der Waals surface area contributed by atoms with E-state index in [1.165, 1.54) is 17.7 Å². The van der Waals surface area contributed by atoms with Crippen LogP contribution in [0.3, 0.4) is 0 Å². The van der Waals surface area contributed by atoms with E-state index in [9.17, 15) is 0 Å². The summed E-state index contributed by atoms with van der Waals surface area (Å²) in [5.74, 6) is 0. The SMILES string of the molecule is Cc1nc(NC2CC=CCC2)sc1C. The summed E-state index contributed by atoms with van der Waals surface area (Å²) in [4.78, 5) is 5.81. The predicted octanol–water partition coefficient (Wildman–Crippen LogP) is 3.28. The van der Waals surface area contributed by atoms with Gasteiger partial charge in [0.05, 0.1) is 5.69 Å². The lowest BCUT2D eigenvalue weighted by atomic mass is 10.0. The van der Waals surface area contributed by atoms with E-state index in [4.69, 9.17) is 0 Å². The van der Waals surface area contributed by atoms with Crippen molar-refractivity contribution < 1.29 is 0 Å². The van der Waals surface area contributed by atoms with Crippen molar-refractivity contribution in [3.05, 3.63) is 22.7 Å². The lowest BCUT2D eigenvalue weighted by Crippen LogP contribution is -2.19. The third kappa shape index (κ3) is 2.15. The maximum Gasteiger partial charge on any atom is 0.183 e. The molecule has 1 aromatic rings. The van der Waals surface area contributed by atoms with Gasteiger partial charge in [-0.05, 0) is 33.1 Å². The van der Waals surface area contributed by atoms with Crippen LogP contribution in [0.1, 0.15) is 29.8 Å². The number of aromatic nitrogens is 1. The van der Waals surface area contributed by atoms with Crippen LogP contribution >= 0.6 is 11.3 Å². The van der Waals surface area contributed by atoms with E-state index >= 15 is 0 Å². The van der Waals surface area contributed by atoms with Gasteiger partial charge in [-0.3, -0.25) is 0 Å². The molecule has 0 spiro atoms. The van der Waals surface area contributed by atoms with Gasteiger partial charge in [-0.2, -0.15) is 0 Å². The van der Waals surface area contributed by atoms with Gasteiger partial charge in [0.25, 0.3) is 0 Å². The molecule has 1 unspecified atom stereocenters. The Bertz CT molecular complexity index is 322.